The van der Waals surface area contributed by atoms with Gasteiger partial charge in [-0.05, 0) is 19.1 Å². The molecule has 0 aliphatic rings. The van der Waals surface area contributed by atoms with Gasteiger partial charge in [0, 0.05) is 24.7 Å². The number of hydrogen-bond acceptors (Lipinski definition) is 5. The van der Waals surface area contributed by atoms with E-state index in [1.165, 1.54) is 23.1 Å². The molecule has 0 fully saturated rings. The first kappa shape index (κ1) is 15.0. The molecule has 0 spiro atoms. The monoisotopic (exact) mass is 309 g/mol. The lowest BCUT2D eigenvalue weighted by atomic mass is 10.2. The highest BCUT2D eigenvalue weighted by Crippen LogP contribution is 2.25. The van der Waals surface area contributed by atoms with Crippen LogP contribution < -0.4 is 0 Å². The van der Waals surface area contributed by atoms with E-state index >= 15 is 0 Å². The van der Waals surface area contributed by atoms with Gasteiger partial charge in [0.25, 0.3) is 11.6 Å². The molecule has 8 heteroatoms. The van der Waals surface area contributed by atoms with Gasteiger partial charge in [-0.25, -0.2) is 0 Å². The first-order valence-electron chi connectivity index (χ1n) is 6.00. The van der Waals surface area contributed by atoms with E-state index in [0.717, 1.165) is 0 Å². The summed E-state index contributed by atoms with van der Waals surface area (Å²) >= 11 is 5.80. The number of carbonyl (C=O) groups is 1. The normalized spacial score (nSPS) is 10.4. The van der Waals surface area contributed by atoms with Crippen molar-refractivity contribution in [2.24, 2.45) is 0 Å². The highest BCUT2D eigenvalue weighted by Gasteiger charge is 2.18. The maximum atomic E-state index is 12.2. The molecular formula is C13H12ClN3O4. The van der Waals surface area contributed by atoms with Crippen molar-refractivity contribution in [2.75, 3.05) is 7.05 Å². The Morgan fingerprint density at radius 2 is 2.19 bits per heavy atom. The SMILES string of the molecule is Cc1cc(CN(C)C(=O)c2ccc([N+](=O)[O-])c(Cl)c2)no1. The lowest BCUT2D eigenvalue weighted by Crippen LogP contribution is -2.26. The van der Waals surface area contributed by atoms with Crippen molar-refractivity contribution in [1.82, 2.24) is 10.1 Å². The Balaban J connectivity index is 2.15. The average molecular weight is 310 g/mol. The molecule has 0 aliphatic carbocycles. The number of aryl methyl sites for hydroxylation is 1. The summed E-state index contributed by atoms with van der Waals surface area (Å²) in [7, 11) is 1.60. The Morgan fingerprint density at radius 3 is 2.71 bits per heavy atom. The lowest BCUT2D eigenvalue weighted by Gasteiger charge is -2.15. The summed E-state index contributed by atoms with van der Waals surface area (Å²) in [4.78, 5) is 23.7. The van der Waals surface area contributed by atoms with E-state index in [1.807, 2.05) is 0 Å². The van der Waals surface area contributed by atoms with E-state index in [9.17, 15) is 14.9 Å². The number of carbonyl (C=O) groups excluding carboxylic acids is 1. The van der Waals surface area contributed by atoms with Gasteiger partial charge in [0.2, 0.25) is 0 Å². The quantitative estimate of drug-likeness (QED) is 0.640. The lowest BCUT2D eigenvalue weighted by molar-refractivity contribution is -0.384. The average Bonchev–Trinajstić information content (AvgIpc) is 2.82. The molecule has 0 N–H and O–H groups in total. The molecule has 0 atom stereocenters. The van der Waals surface area contributed by atoms with Crippen molar-refractivity contribution in [2.45, 2.75) is 13.5 Å². The number of nitro groups is 1. The van der Waals surface area contributed by atoms with Crippen molar-refractivity contribution < 1.29 is 14.2 Å². The van der Waals surface area contributed by atoms with Crippen LogP contribution in [0, 0.1) is 17.0 Å². The number of nitro benzene ring substituents is 1. The summed E-state index contributed by atoms with van der Waals surface area (Å²) < 4.78 is 4.93. The van der Waals surface area contributed by atoms with Gasteiger partial charge < -0.3 is 9.42 Å². The van der Waals surface area contributed by atoms with Crippen LogP contribution in [0.1, 0.15) is 21.8 Å². The zero-order valence-corrected chi connectivity index (χ0v) is 12.1. The fraction of sp³-hybridized carbons (Fsp3) is 0.231. The third kappa shape index (κ3) is 3.38. The molecule has 0 saturated heterocycles. The highest BCUT2D eigenvalue weighted by molar-refractivity contribution is 6.33. The number of rotatable bonds is 4. The Morgan fingerprint density at radius 1 is 1.48 bits per heavy atom. The van der Waals surface area contributed by atoms with Crippen molar-refractivity contribution >= 4 is 23.2 Å². The maximum Gasteiger partial charge on any atom is 0.287 e. The van der Waals surface area contributed by atoms with Crippen LogP contribution in [0.5, 0.6) is 0 Å². The molecular weight excluding hydrogens is 298 g/mol. The predicted octanol–water partition coefficient (Wildman–Crippen LogP) is 2.82. The summed E-state index contributed by atoms with van der Waals surface area (Å²) in [6, 6.07) is 5.60. The standard InChI is InChI=1S/C13H12ClN3O4/c1-8-5-10(15-21-8)7-16(2)13(18)9-3-4-12(17(19)20)11(14)6-9/h3-6H,7H2,1-2H3. The Hall–Kier alpha value is -2.41. The smallest absolute Gasteiger partial charge is 0.287 e. The molecule has 0 unspecified atom stereocenters. The van der Waals surface area contributed by atoms with E-state index in [-0.39, 0.29) is 28.7 Å². The molecule has 0 bridgehead atoms. The summed E-state index contributed by atoms with van der Waals surface area (Å²) in [6.07, 6.45) is 0. The van der Waals surface area contributed by atoms with Crippen LogP contribution in [0.15, 0.2) is 28.8 Å². The van der Waals surface area contributed by atoms with Gasteiger partial charge >= 0.3 is 0 Å². The largest absolute Gasteiger partial charge is 0.361 e. The zero-order chi connectivity index (χ0) is 15.6. The third-order valence-electron chi connectivity index (χ3n) is 2.81. The number of benzene rings is 1. The van der Waals surface area contributed by atoms with E-state index < -0.39 is 4.92 Å². The molecule has 0 aliphatic heterocycles. The second kappa shape index (κ2) is 5.92. The van der Waals surface area contributed by atoms with Crippen LogP contribution in [0.4, 0.5) is 5.69 Å². The molecule has 1 amide bonds. The topological polar surface area (TPSA) is 89.5 Å². The van der Waals surface area contributed by atoms with Gasteiger partial charge in [-0.1, -0.05) is 16.8 Å². The number of halogens is 1. The van der Waals surface area contributed by atoms with Gasteiger partial charge in [-0.15, -0.1) is 0 Å². The maximum absolute atomic E-state index is 12.2. The second-order valence-electron chi connectivity index (χ2n) is 4.51. The van der Waals surface area contributed by atoms with Crippen LogP contribution in [-0.2, 0) is 6.54 Å². The van der Waals surface area contributed by atoms with Crippen molar-refractivity contribution in [3.63, 3.8) is 0 Å². The third-order valence-corrected chi connectivity index (χ3v) is 3.12. The van der Waals surface area contributed by atoms with Crippen LogP contribution in [0.2, 0.25) is 5.02 Å². The van der Waals surface area contributed by atoms with E-state index in [4.69, 9.17) is 16.1 Å². The molecule has 0 radical (unpaired) electrons. The number of hydrogen-bond donors (Lipinski definition) is 0. The molecule has 2 aromatic rings. The van der Waals surface area contributed by atoms with Gasteiger partial charge in [-0.2, -0.15) is 0 Å². The first-order chi connectivity index (χ1) is 9.88. The number of amides is 1. The molecule has 110 valence electrons. The molecule has 21 heavy (non-hydrogen) atoms. The summed E-state index contributed by atoms with van der Waals surface area (Å²) in [5.41, 5.74) is 0.660. The molecule has 1 heterocycles. The summed E-state index contributed by atoms with van der Waals surface area (Å²) in [6.45, 7) is 2.03. The first-order valence-corrected chi connectivity index (χ1v) is 6.38. The van der Waals surface area contributed by atoms with Gasteiger partial charge in [0.1, 0.15) is 16.5 Å². The molecule has 2 rings (SSSR count). The van der Waals surface area contributed by atoms with Crippen LogP contribution in [0.3, 0.4) is 0 Å². The molecule has 1 aromatic heterocycles. The second-order valence-corrected chi connectivity index (χ2v) is 4.92. The summed E-state index contributed by atoms with van der Waals surface area (Å²) in [5.74, 6) is 0.344. The minimum Gasteiger partial charge on any atom is -0.361 e. The molecule has 7 nitrogen and oxygen atoms in total. The van der Waals surface area contributed by atoms with Gasteiger partial charge in [0.05, 0.1) is 11.5 Å². The summed E-state index contributed by atoms with van der Waals surface area (Å²) in [5, 5.41) is 14.4. The van der Waals surface area contributed by atoms with Crippen molar-refractivity contribution in [1.29, 1.82) is 0 Å². The fourth-order valence-electron chi connectivity index (χ4n) is 1.82. The van der Waals surface area contributed by atoms with E-state index in [2.05, 4.69) is 5.16 Å². The zero-order valence-electron chi connectivity index (χ0n) is 11.4. The molecule has 0 saturated carbocycles. The van der Waals surface area contributed by atoms with Crippen LogP contribution in [-0.4, -0.2) is 27.9 Å². The van der Waals surface area contributed by atoms with Gasteiger partial charge in [-0.3, -0.25) is 14.9 Å². The van der Waals surface area contributed by atoms with E-state index in [1.54, 1.807) is 20.0 Å². The Kier molecular flexibility index (Phi) is 4.23. The highest BCUT2D eigenvalue weighted by atomic mass is 35.5. The fourth-order valence-corrected chi connectivity index (χ4v) is 2.07. The minimum atomic E-state index is -0.599. The van der Waals surface area contributed by atoms with Crippen molar-refractivity contribution in [3.05, 3.63) is 56.4 Å². The number of aromatic nitrogens is 1. The van der Waals surface area contributed by atoms with Gasteiger partial charge in [0.15, 0.2) is 0 Å². The van der Waals surface area contributed by atoms with Crippen LogP contribution in [0.25, 0.3) is 0 Å². The van der Waals surface area contributed by atoms with E-state index in [0.29, 0.717) is 11.5 Å². The Bertz CT molecular complexity index is 698. The predicted molar refractivity (Wildman–Crippen MR) is 75.1 cm³/mol. The Labute approximate surface area is 125 Å². The minimum absolute atomic E-state index is 0.0727. The van der Waals surface area contributed by atoms with Crippen molar-refractivity contribution in [3.8, 4) is 0 Å². The molecule has 1 aromatic carbocycles. The number of nitrogens with zero attached hydrogens (tertiary/aromatic N) is 3. The van der Waals surface area contributed by atoms with Crippen LogP contribution >= 0.6 is 11.6 Å².